The van der Waals surface area contributed by atoms with Crippen LogP contribution in [0.1, 0.15) is 37.9 Å². The van der Waals surface area contributed by atoms with Gasteiger partial charge in [0.15, 0.2) is 12.4 Å². The van der Waals surface area contributed by atoms with Gasteiger partial charge < -0.3 is 19.5 Å². The molecule has 0 aliphatic carbocycles. The molecule has 0 saturated carbocycles. The Morgan fingerprint density at radius 1 is 1.42 bits per heavy atom. The fraction of sp³-hybridized carbons (Fsp3) is 0.500. The van der Waals surface area contributed by atoms with Gasteiger partial charge in [-0.2, -0.15) is 4.98 Å². The Morgan fingerprint density at radius 3 is 2.92 bits per heavy atom. The Hall–Kier alpha value is -2.64. The molecule has 140 valence electrons. The maximum atomic E-state index is 12.9. The van der Waals surface area contributed by atoms with Crippen molar-refractivity contribution in [1.29, 1.82) is 0 Å². The van der Waals surface area contributed by atoms with Gasteiger partial charge in [0.1, 0.15) is 11.6 Å². The van der Waals surface area contributed by atoms with Crippen LogP contribution in [0.15, 0.2) is 28.8 Å². The van der Waals surface area contributed by atoms with Crippen LogP contribution in [0.5, 0.6) is 5.75 Å². The Bertz CT molecular complexity index is 732. The van der Waals surface area contributed by atoms with Crippen molar-refractivity contribution in [2.45, 2.75) is 32.8 Å². The van der Waals surface area contributed by atoms with Crippen LogP contribution in [-0.4, -0.2) is 40.7 Å². The van der Waals surface area contributed by atoms with Crippen molar-refractivity contribution in [3.63, 3.8) is 0 Å². The topological polar surface area (TPSA) is 80.5 Å². The van der Waals surface area contributed by atoms with E-state index in [2.05, 4.69) is 29.3 Å². The summed E-state index contributed by atoms with van der Waals surface area (Å²) in [6, 6.07) is 5.68. The van der Waals surface area contributed by atoms with Crippen LogP contribution in [0.2, 0.25) is 0 Å². The van der Waals surface area contributed by atoms with Crippen molar-refractivity contribution in [2.75, 3.05) is 19.6 Å². The molecule has 2 amide bonds. The summed E-state index contributed by atoms with van der Waals surface area (Å²) in [6.07, 6.45) is 0.799. The third kappa shape index (κ3) is 4.71. The Morgan fingerprint density at radius 2 is 2.19 bits per heavy atom. The number of likely N-dealkylation sites (tertiary alicyclic amines) is 1. The van der Waals surface area contributed by atoms with Gasteiger partial charge in [0.25, 0.3) is 5.89 Å². The lowest BCUT2D eigenvalue weighted by Gasteiger charge is -2.17. The van der Waals surface area contributed by atoms with Gasteiger partial charge in [-0.25, -0.2) is 9.18 Å². The number of hydrogen-bond donors (Lipinski definition) is 1. The highest BCUT2D eigenvalue weighted by Crippen LogP contribution is 2.25. The second-order valence-corrected chi connectivity index (χ2v) is 6.80. The van der Waals surface area contributed by atoms with Gasteiger partial charge in [0.05, 0.1) is 0 Å². The van der Waals surface area contributed by atoms with Gasteiger partial charge in [0, 0.05) is 25.6 Å². The standard InChI is InChI=1S/C18H23FN4O3/c1-12(2)9-20-18(24)23-8-7-13(10-23)17-21-16(26-22-17)11-25-15-5-3-14(19)4-6-15/h3-6,12-13H,7-11H2,1-2H3,(H,20,24). The molecule has 1 unspecified atom stereocenters. The number of nitrogens with zero attached hydrogens (tertiary/aromatic N) is 3. The van der Waals surface area contributed by atoms with E-state index in [0.717, 1.165) is 6.42 Å². The fourth-order valence-corrected chi connectivity index (χ4v) is 2.73. The first-order valence-corrected chi connectivity index (χ1v) is 8.75. The van der Waals surface area contributed by atoms with Crippen molar-refractivity contribution < 1.29 is 18.4 Å². The third-order valence-corrected chi connectivity index (χ3v) is 4.16. The molecule has 1 aliphatic rings. The molecule has 1 aromatic heterocycles. The second kappa shape index (κ2) is 8.16. The molecule has 7 nitrogen and oxygen atoms in total. The van der Waals surface area contributed by atoms with Crippen LogP contribution in [-0.2, 0) is 6.61 Å². The Kier molecular flexibility index (Phi) is 5.70. The highest BCUT2D eigenvalue weighted by molar-refractivity contribution is 5.74. The minimum absolute atomic E-state index is 0.0513. The van der Waals surface area contributed by atoms with Crippen molar-refractivity contribution in [3.05, 3.63) is 41.8 Å². The molecule has 1 saturated heterocycles. The number of benzene rings is 1. The zero-order valence-corrected chi connectivity index (χ0v) is 14.9. The van der Waals surface area contributed by atoms with Crippen molar-refractivity contribution in [2.24, 2.45) is 5.92 Å². The lowest BCUT2D eigenvalue weighted by atomic mass is 10.1. The molecule has 0 radical (unpaired) electrons. The number of ether oxygens (including phenoxy) is 1. The minimum Gasteiger partial charge on any atom is -0.484 e. The smallest absolute Gasteiger partial charge is 0.317 e. The molecular weight excluding hydrogens is 339 g/mol. The molecule has 1 fully saturated rings. The lowest BCUT2D eigenvalue weighted by molar-refractivity contribution is 0.206. The third-order valence-electron chi connectivity index (χ3n) is 4.16. The first kappa shape index (κ1) is 18.2. The molecule has 0 spiro atoms. The van der Waals surface area contributed by atoms with Gasteiger partial charge in [-0.05, 0) is 36.6 Å². The van der Waals surface area contributed by atoms with Crippen LogP contribution < -0.4 is 10.1 Å². The molecule has 2 aromatic rings. The summed E-state index contributed by atoms with van der Waals surface area (Å²) < 4.78 is 23.6. The van der Waals surface area contributed by atoms with Crippen molar-refractivity contribution in [3.8, 4) is 5.75 Å². The average molecular weight is 362 g/mol. The SMILES string of the molecule is CC(C)CNC(=O)N1CCC(c2noc(COc3ccc(F)cc3)n2)C1. The van der Waals surface area contributed by atoms with E-state index < -0.39 is 0 Å². The van der Waals surface area contributed by atoms with Crippen molar-refractivity contribution in [1.82, 2.24) is 20.4 Å². The predicted octanol–water partition coefficient (Wildman–Crippen LogP) is 2.94. The number of nitrogens with one attached hydrogen (secondary N) is 1. The van der Waals surface area contributed by atoms with Crippen LogP contribution in [0.3, 0.4) is 0 Å². The van der Waals surface area contributed by atoms with E-state index in [1.165, 1.54) is 24.3 Å². The quantitative estimate of drug-likeness (QED) is 0.855. The molecule has 1 aromatic carbocycles. The summed E-state index contributed by atoms with van der Waals surface area (Å²) in [4.78, 5) is 18.3. The Labute approximate surface area is 151 Å². The lowest BCUT2D eigenvalue weighted by Crippen LogP contribution is -2.39. The summed E-state index contributed by atoms with van der Waals surface area (Å²) in [5, 5.41) is 6.93. The van der Waals surface area contributed by atoms with Gasteiger partial charge >= 0.3 is 6.03 Å². The summed E-state index contributed by atoms with van der Waals surface area (Å²) >= 11 is 0. The van der Waals surface area contributed by atoms with E-state index in [0.29, 0.717) is 43.0 Å². The maximum Gasteiger partial charge on any atom is 0.317 e. The largest absolute Gasteiger partial charge is 0.484 e. The minimum atomic E-state index is -0.319. The van der Waals surface area contributed by atoms with Gasteiger partial charge in [0.2, 0.25) is 0 Å². The van der Waals surface area contributed by atoms with Crippen LogP contribution in [0.4, 0.5) is 9.18 Å². The average Bonchev–Trinajstić information content (AvgIpc) is 3.28. The van der Waals surface area contributed by atoms with Gasteiger partial charge in [-0.1, -0.05) is 19.0 Å². The number of halogens is 1. The van der Waals surface area contributed by atoms with Crippen LogP contribution in [0, 0.1) is 11.7 Å². The monoisotopic (exact) mass is 362 g/mol. The molecule has 2 heterocycles. The number of hydrogen-bond acceptors (Lipinski definition) is 5. The molecule has 3 rings (SSSR count). The molecule has 0 bridgehead atoms. The van der Waals surface area contributed by atoms with E-state index in [1.54, 1.807) is 4.90 Å². The molecule has 8 heteroatoms. The van der Waals surface area contributed by atoms with Crippen molar-refractivity contribution >= 4 is 6.03 Å². The summed E-state index contributed by atoms with van der Waals surface area (Å²) in [7, 11) is 0. The second-order valence-electron chi connectivity index (χ2n) is 6.80. The number of amides is 2. The molecule has 1 aliphatic heterocycles. The van der Waals surface area contributed by atoms with E-state index >= 15 is 0 Å². The van der Waals surface area contributed by atoms with E-state index in [-0.39, 0.29) is 24.4 Å². The molecule has 1 N–H and O–H groups in total. The van der Waals surface area contributed by atoms with E-state index in [1.807, 2.05) is 0 Å². The highest BCUT2D eigenvalue weighted by atomic mass is 19.1. The molecule has 26 heavy (non-hydrogen) atoms. The molecular formula is C18H23FN4O3. The number of carbonyl (C=O) groups excluding carboxylic acids is 1. The van der Waals surface area contributed by atoms with E-state index in [9.17, 15) is 9.18 Å². The number of urea groups is 1. The number of carbonyl (C=O) groups is 1. The first-order valence-electron chi connectivity index (χ1n) is 8.75. The predicted molar refractivity (Wildman–Crippen MR) is 92.2 cm³/mol. The molecule has 1 atom stereocenters. The van der Waals surface area contributed by atoms with Crippen LogP contribution >= 0.6 is 0 Å². The van der Waals surface area contributed by atoms with Gasteiger partial charge in [-0.15, -0.1) is 0 Å². The number of rotatable bonds is 6. The summed E-state index contributed by atoms with van der Waals surface area (Å²) in [6.45, 7) is 6.13. The normalized spacial score (nSPS) is 16.9. The van der Waals surface area contributed by atoms with Gasteiger partial charge in [-0.3, -0.25) is 0 Å². The Balaban J connectivity index is 1.50. The van der Waals surface area contributed by atoms with E-state index in [4.69, 9.17) is 9.26 Å². The maximum absolute atomic E-state index is 12.9. The number of aromatic nitrogens is 2. The van der Waals surface area contributed by atoms with Crippen LogP contribution in [0.25, 0.3) is 0 Å². The highest BCUT2D eigenvalue weighted by Gasteiger charge is 2.30. The summed E-state index contributed by atoms with van der Waals surface area (Å²) in [5.74, 6) is 1.62. The fourth-order valence-electron chi connectivity index (χ4n) is 2.73. The summed E-state index contributed by atoms with van der Waals surface area (Å²) in [5.41, 5.74) is 0. The zero-order valence-electron chi connectivity index (χ0n) is 14.9. The zero-order chi connectivity index (χ0) is 18.5. The first-order chi connectivity index (χ1) is 12.5.